The highest BCUT2D eigenvalue weighted by atomic mass is 16.5. The monoisotopic (exact) mass is 721 g/mol. The summed E-state index contributed by atoms with van der Waals surface area (Å²) >= 11 is 0. The Morgan fingerprint density at radius 3 is 1.25 bits per heavy atom. The van der Waals surface area contributed by atoms with Crippen molar-refractivity contribution < 1.29 is 23.9 Å². The molecule has 0 aromatic heterocycles. The maximum atomic E-state index is 13.5. The Hall–Kier alpha value is -1.63. The van der Waals surface area contributed by atoms with Crippen LogP contribution in [-0.2, 0) is 23.9 Å². The number of carbonyl (C=O) groups excluding carboxylic acids is 3. The van der Waals surface area contributed by atoms with Crippen LogP contribution < -0.4 is 0 Å². The highest BCUT2D eigenvalue weighted by Gasteiger charge is 2.23. The number of esters is 2. The van der Waals surface area contributed by atoms with E-state index in [4.69, 9.17) is 9.47 Å². The number of hydrogen-bond acceptors (Lipinski definition) is 6. The van der Waals surface area contributed by atoms with Crippen LogP contribution in [0.2, 0.25) is 0 Å². The summed E-state index contributed by atoms with van der Waals surface area (Å²) in [6.07, 6.45) is 31.2. The largest absolute Gasteiger partial charge is 0.464 e. The molecule has 0 saturated carbocycles. The summed E-state index contributed by atoms with van der Waals surface area (Å²) in [4.78, 5) is 44.3. The molecule has 2 atom stereocenters. The van der Waals surface area contributed by atoms with Gasteiger partial charge in [0.25, 0.3) is 0 Å². The molecule has 1 fully saturated rings. The Bertz CT molecular complexity index is 780. The van der Waals surface area contributed by atoms with E-state index >= 15 is 0 Å². The van der Waals surface area contributed by atoms with Gasteiger partial charge in [-0.2, -0.15) is 0 Å². The highest BCUT2D eigenvalue weighted by molar-refractivity contribution is 5.76. The van der Waals surface area contributed by atoms with Crippen LogP contribution in [0.25, 0.3) is 0 Å². The van der Waals surface area contributed by atoms with E-state index in [1.165, 1.54) is 103 Å². The second-order valence-electron chi connectivity index (χ2n) is 15.6. The van der Waals surface area contributed by atoms with E-state index in [-0.39, 0.29) is 42.9 Å². The van der Waals surface area contributed by atoms with Gasteiger partial charge in [-0.15, -0.1) is 0 Å². The lowest BCUT2D eigenvalue weighted by Gasteiger charge is -2.24. The molecule has 0 N–H and O–H groups in total. The average Bonchev–Trinajstić information content (AvgIpc) is 3.65. The zero-order chi connectivity index (χ0) is 37.2. The van der Waals surface area contributed by atoms with Crippen LogP contribution in [0.1, 0.15) is 207 Å². The molecule has 0 aromatic rings. The van der Waals surface area contributed by atoms with Crippen molar-refractivity contribution in [1.82, 2.24) is 9.80 Å². The van der Waals surface area contributed by atoms with Crippen molar-refractivity contribution in [2.45, 2.75) is 207 Å². The first kappa shape index (κ1) is 47.4. The molecule has 0 aliphatic carbocycles. The van der Waals surface area contributed by atoms with Crippen molar-refractivity contribution in [3.63, 3.8) is 0 Å². The van der Waals surface area contributed by atoms with Crippen LogP contribution in [0, 0.1) is 11.8 Å². The van der Waals surface area contributed by atoms with Gasteiger partial charge in [0.1, 0.15) is 13.2 Å². The predicted octanol–water partition coefficient (Wildman–Crippen LogP) is 11.5. The molecule has 300 valence electrons. The van der Waals surface area contributed by atoms with Crippen LogP contribution in [0.4, 0.5) is 0 Å². The smallest absolute Gasteiger partial charge is 0.308 e. The number of likely N-dealkylation sites (tertiary alicyclic amines) is 1. The molecule has 1 rings (SSSR count). The molecular weight excluding hydrogens is 636 g/mol. The van der Waals surface area contributed by atoms with Crippen LogP contribution in [0.5, 0.6) is 0 Å². The summed E-state index contributed by atoms with van der Waals surface area (Å²) in [6.45, 7) is 13.2. The fourth-order valence-electron chi connectivity index (χ4n) is 7.47. The van der Waals surface area contributed by atoms with Crippen molar-refractivity contribution in [2.24, 2.45) is 11.8 Å². The van der Waals surface area contributed by atoms with Crippen LogP contribution in [0.3, 0.4) is 0 Å². The zero-order valence-corrected chi connectivity index (χ0v) is 34.3. The van der Waals surface area contributed by atoms with Gasteiger partial charge in [-0.1, -0.05) is 156 Å². The molecule has 0 radical (unpaired) electrons. The van der Waals surface area contributed by atoms with Gasteiger partial charge < -0.3 is 19.3 Å². The van der Waals surface area contributed by atoms with E-state index in [0.717, 1.165) is 90.3 Å². The van der Waals surface area contributed by atoms with Gasteiger partial charge in [-0.25, -0.2) is 0 Å². The maximum Gasteiger partial charge on any atom is 0.308 e. The van der Waals surface area contributed by atoms with E-state index in [0.29, 0.717) is 19.5 Å². The summed E-state index contributed by atoms with van der Waals surface area (Å²) in [6, 6.07) is 0. The van der Waals surface area contributed by atoms with Crippen molar-refractivity contribution in [3.8, 4) is 0 Å². The minimum atomic E-state index is -0.103. The minimum Gasteiger partial charge on any atom is -0.464 e. The molecule has 1 heterocycles. The number of unbranched alkanes of at least 4 members (excludes halogenated alkanes) is 16. The molecule has 7 nitrogen and oxygen atoms in total. The van der Waals surface area contributed by atoms with E-state index in [1.807, 2.05) is 0 Å². The lowest BCUT2D eigenvalue weighted by molar-refractivity contribution is -0.152. The number of amides is 1. The van der Waals surface area contributed by atoms with Gasteiger partial charge in [0, 0.05) is 6.42 Å². The third-order valence-electron chi connectivity index (χ3n) is 10.9. The summed E-state index contributed by atoms with van der Waals surface area (Å²) in [5.74, 6) is -0.256. The first-order valence-electron chi connectivity index (χ1n) is 22.3. The molecule has 2 unspecified atom stereocenters. The summed E-state index contributed by atoms with van der Waals surface area (Å²) in [5.41, 5.74) is 0. The Labute approximate surface area is 316 Å². The first-order chi connectivity index (χ1) is 25.0. The minimum absolute atomic E-state index is 0.0560. The van der Waals surface area contributed by atoms with E-state index < -0.39 is 0 Å². The molecule has 51 heavy (non-hydrogen) atoms. The normalized spacial score (nSPS) is 14.4. The molecule has 0 bridgehead atoms. The van der Waals surface area contributed by atoms with Gasteiger partial charge in [0.15, 0.2) is 0 Å². The fraction of sp³-hybridized carbons (Fsp3) is 0.932. The van der Waals surface area contributed by atoms with Gasteiger partial charge in [-0.05, 0) is 64.6 Å². The topological polar surface area (TPSA) is 76.1 Å². The lowest BCUT2D eigenvalue weighted by atomic mass is 9.94. The zero-order valence-electron chi connectivity index (χ0n) is 34.3. The second-order valence-corrected chi connectivity index (χ2v) is 15.6. The summed E-state index contributed by atoms with van der Waals surface area (Å²) in [7, 11) is 0. The van der Waals surface area contributed by atoms with Crippen molar-refractivity contribution in [2.75, 3.05) is 45.9 Å². The third kappa shape index (κ3) is 25.9. The lowest BCUT2D eigenvalue weighted by Crippen LogP contribution is -2.38. The second kappa shape index (κ2) is 34.2. The van der Waals surface area contributed by atoms with E-state index in [2.05, 4.69) is 32.6 Å². The number of nitrogens with zero attached hydrogens (tertiary/aromatic N) is 2. The number of carbonyl (C=O) groups is 3. The molecule has 1 aliphatic heterocycles. The Kier molecular flexibility index (Phi) is 31.7. The van der Waals surface area contributed by atoms with Gasteiger partial charge in [0.2, 0.25) is 5.91 Å². The summed E-state index contributed by atoms with van der Waals surface area (Å²) < 4.78 is 11.8. The van der Waals surface area contributed by atoms with Gasteiger partial charge >= 0.3 is 11.9 Å². The van der Waals surface area contributed by atoms with Crippen LogP contribution >= 0.6 is 0 Å². The quantitative estimate of drug-likeness (QED) is 0.0474. The van der Waals surface area contributed by atoms with Gasteiger partial charge in [0.05, 0.1) is 24.9 Å². The van der Waals surface area contributed by atoms with Crippen LogP contribution in [0.15, 0.2) is 0 Å². The van der Waals surface area contributed by atoms with Crippen molar-refractivity contribution >= 4 is 17.8 Å². The molecule has 1 saturated heterocycles. The molecule has 1 aliphatic rings. The Morgan fingerprint density at radius 1 is 0.510 bits per heavy atom. The van der Waals surface area contributed by atoms with Crippen molar-refractivity contribution in [3.05, 3.63) is 0 Å². The Morgan fingerprint density at radius 2 is 0.863 bits per heavy atom. The van der Waals surface area contributed by atoms with E-state index in [1.54, 1.807) is 4.90 Å². The molecule has 0 spiro atoms. The van der Waals surface area contributed by atoms with E-state index in [9.17, 15) is 14.4 Å². The molecular formula is C44H84N2O5. The summed E-state index contributed by atoms with van der Waals surface area (Å²) in [5, 5.41) is 0. The standard InChI is InChI=1S/C44H84N2O5/c1-5-9-13-17-19-23-30-40(28-21-15-11-7-3)43(48)50-38-36-46(42(47)32-27-35-45-33-25-26-34-45)37-39-51-44(49)41(29-22-16-12-8-4)31-24-20-18-14-10-6-2/h40-41H,5-39H2,1-4H3. The molecule has 1 amide bonds. The molecule has 7 heteroatoms. The number of ether oxygens (including phenoxy) is 2. The SMILES string of the molecule is CCCCCCCCC(CCCCCC)C(=O)OCCN(CCOC(=O)C(CCCCCC)CCCCCCCC)C(=O)CCCN1CCCC1. The Balaban J connectivity index is 2.73. The van der Waals surface area contributed by atoms with Gasteiger partial charge in [-0.3, -0.25) is 14.4 Å². The number of hydrogen-bond donors (Lipinski definition) is 0. The highest BCUT2D eigenvalue weighted by Crippen LogP contribution is 2.22. The maximum absolute atomic E-state index is 13.5. The number of rotatable bonds is 36. The fourth-order valence-corrected chi connectivity index (χ4v) is 7.47. The molecule has 0 aromatic carbocycles. The van der Waals surface area contributed by atoms with Crippen LogP contribution in [-0.4, -0.2) is 73.6 Å². The predicted molar refractivity (Wildman–Crippen MR) is 214 cm³/mol. The average molecular weight is 721 g/mol. The first-order valence-corrected chi connectivity index (χ1v) is 22.3. The van der Waals surface area contributed by atoms with Crippen molar-refractivity contribution in [1.29, 1.82) is 0 Å². The third-order valence-corrected chi connectivity index (χ3v) is 10.9.